The molecule has 1 aromatic rings. The van der Waals surface area contributed by atoms with Crippen molar-refractivity contribution in [2.75, 3.05) is 30.5 Å². The molecule has 0 aromatic heterocycles. The molecule has 1 atom stereocenters. The summed E-state index contributed by atoms with van der Waals surface area (Å²) >= 11 is 0. The van der Waals surface area contributed by atoms with Gasteiger partial charge in [-0.25, -0.2) is 0 Å². The normalized spacial score (nSPS) is 17.3. The molecule has 0 bridgehead atoms. The number of nitrogens with two attached hydrogens (primary N) is 1. The van der Waals surface area contributed by atoms with Crippen LogP contribution in [-0.2, 0) is 9.53 Å². The first-order valence-electron chi connectivity index (χ1n) is 7.96. The number of carbonyl (C=O) groups is 1. The van der Waals surface area contributed by atoms with Gasteiger partial charge < -0.3 is 20.7 Å². The van der Waals surface area contributed by atoms with Crippen LogP contribution in [0, 0.1) is 5.92 Å². The standard InChI is InChI=1S/C17H27N3O2/c1-12(2)20(3)15-6-4-5-14(11-15)19-17(21)16(18)13-7-9-22-10-8-13/h4-6,11-13,16H,7-10,18H2,1-3H3,(H,19,21). The molecule has 3 N–H and O–H groups in total. The molecule has 5 nitrogen and oxygen atoms in total. The Labute approximate surface area is 132 Å². The molecule has 1 fully saturated rings. The molecule has 22 heavy (non-hydrogen) atoms. The van der Waals surface area contributed by atoms with Gasteiger partial charge in [0.1, 0.15) is 0 Å². The van der Waals surface area contributed by atoms with E-state index in [0.717, 1.165) is 24.2 Å². The Hall–Kier alpha value is -1.59. The lowest BCUT2D eigenvalue weighted by Gasteiger charge is -2.27. The number of carbonyl (C=O) groups excluding carboxylic acids is 1. The van der Waals surface area contributed by atoms with Crippen molar-refractivity contribution in [3.63, 3.8) is 0 Å². The molecule has 0 radical (unpaired) electrons. The quantitative estimate of drug-likeness (QED) is 0.875. The number of nitrogens with zero attached hydrogens (tertiary/aromatic N) is 1. The Balaban J connectivity index is 2.00. The fourth-order valence-corrected chi connectivity index (χ4v) is 2.62. The van der Waals surface area contributed by atoms with Crippen LogP contribution >= 0.6 is 0 Å². The summed E-state index contributed by atoms with van der Waals surface area (Å²) in [6, 6.07) is 7.78. The van der Waals surface area contributed by atoms with Crippen molar-refractivity contribution in [1.29, 1.82) is 0 Å². The molecule has 1 aliphatic rings. The first kappa shape index (κ1) is 16.8. The van der Waals surface area contributed by atoms with E-state index < -0.39 is 6.04 Å². The SMILES string of the molecule is CC(C)N(C)c1cccc(NC(=O)C(N)C2CCOCC2)c1. The molecule has 1 amide bonds. The molecule has 122 valence electrons. The molecule has 1 aliphatic heterocycles. The van der Waals surface area contributed by atoms with E-state index in [1.807, 2.05) is 31.3 Å². The van der Waals surface area contributed by atoms with Gasteiger partial charge in [-0.15, -0.1) is 0 Å². The van der Waals surface area contributed by atoms with Crippen molar-refractivity contribution < 1.29 is 9.53 Å². The third kappa shape index (κ3) is 4.21. The van der Waals surface area contributed by atoms with Crippen LogP contribution in [0.25, 0.3) is 0 Å². The van der Waals surface area contributed by atoms with E-state index in [4.69, 9.17) is 10.5 Å². The molecule has 1 heterocycles. The number of nitrogens with one attached hydrogen (secondary N) is 1. The Morgan fingerprint density at radius 2 is 2.05 bits per heavy atom. The van der Waals surface area contributed by atoms with E-state index in [9.17, 15) is 4.79 Å². The van der Waals surface area contributed by atoms with Crippen LogP contribution in [0.15, 0.2) is 24.3 Å². The van der Waals surface area contributed by atoms with E-state index in [1.165, 1.54) is 0 Å². The van der Waals surface area contributed by atoms with Crippen LogP contribution in [0.1, 0.15) is 26.7 Å². The molecule has 2 rings (SSSR count). The highest BCUT2D eigenvalue weighted by Gasteiger charge is 2.26. The molecular weight excluding hydrogens is 278 g/mol. The predicted octanol–water partition coefficient (Wildman–Crippen LogP) is 2.22. The fraction of sp³-hybridized carbons (Fsp3) is 0.588. The molecule has 1 saturated heterocycles. The maximum absolute atomic E-state index is 12.3. The number of amides is 1. The zero-order chi connectivity index (χ0) is 16.1. The lowest BCUT2D eigenvalue weighted by molar-refractivity contribution is -0.119. The lowest BCUT2D eigenvalue weighted by atomic mass is 9.92. The van der Waals surface area contributed by atoms with Crippen molar-refractivity contribution in [2.45, 2.75) is 38.8 Å². The van der Waals surface area contributed by atoms with Crippen molar-refractivity contribution in [3.8, 4) is 0 Å². The number of benzene rings is 1. The number of hydrogen-bond donors (Lipinski definition) is 2. The summed E-state index contributed by atoms with van der Waals surface area (Å²) in [5.74, 6) is 0.0894. The van der Waals surface area contributed by atoms with E-state index in [-0.39, 0.29) is 11.8 Å². The van der Waals surface area contributed by atoms with E-state index in [1.54, 1.807) is 0 Å². The molecule has 0 saturated carbocycles. The maximum Gasteiger partial charge on any atom is 0.241 e. The summed E-state index contributed by atoms with van der Waals surface area (Å²) in [5.41, 5.74) is 7.97. The van der Waals surface area contributed by atoms with E-state index >= 15 is 0 Å². The second-order valence-corrected chi connectivity index (χ2v) is 6.22. The summed E-state index contributed by atoms with van der Waals surface area (Å²) < 4.78 is 5.32. The third-order valence-electron chi connectivity index (χ3n) is 4.37. The van der Waals surface area contributed by atoms with Crippen molar-refractivity contribution >= 4 is 17.3 Å². The van der Waals surface area contributed by atoms with Crippen molar-refractivity contribution in [2.24, 2.45) is 11.7 Å². The summed E-state index contributed by atoms with van der Waals surface area (Å²) in [4.78, 5) is 14.5. The van der Waals surface area contributed by atoms with Gasteiger partial charge in [0, 0.05) is 37.7 Å². The maximum atomic E-state index is 12.3. The van der Waals surface area contributed by atoms with Crippen LogP contribution < -0.4 is 16.0 Å². The topological polar surface area (TPSA) is 67.6 Å². The monoisotopic (exact) mass is 305 g/mol. The Bertz CT molecular complexity index is 498. The summed E-state index contributed by atoms with van der Waals surface area (Å²) in [6.45, 7) is 5.65. The first-order valence-corrected chi connectivity index (χ1v) is 7.96. The number of ether oxygens (including phenoxy) is 1. The zero-order valence-electron chi connectivity index (χ0n) is 13.7. The Kier molecular flexibility index (Phi) is 5.80. The summed E-state index contributed by atoms with van der Waals surface area (Å²) in [6.07, 6.45) is 1.70. The van der Waals surface area contributed by atoms with Gasteiger partial charge >= 0.3 is 0 Å². The van der Waals surface area contributed by atoms with Gasteiger partial charge in [0.2, 0.25) is 5.91 Å². The Morgan fingerprint density at radius 1 is 1.36 bits per heavy atom. The van der Waals surface area contributed by atoms with Crippen LogP contribution in [0.3, 0.4) is 0 Å². The van der Waals surface area contributed by atoms with Gasteiger partial charge in [0.25, 0.3) is 0 Å². The molecule has 5 heteroatoms. The van der Waals surface area contributed by atoms with Gasteiger partial charge in [-0.05, 0) is 50.8 Å². The highest BCUT2D eigenvalue weighted by Crippen LogP contribution is 2.22. The predicted molar refractivity (Wildman–Crippen MR) is 90.1 cm³/mol. The summed E-state index contributed by atoms with van der Waals surface area (Å²) in [5, 5.41) is 2.94. The zero-order valence-corrected chi connectivity index (χ0v) is 13.7. The van der Waals surface area contributed by atoms with Crippen molar-refractivity contribution in [3.05, 3.63) is 24.3 Å². The first-order chi connectivity index (χ1) is 10.5. The highest BCUT2D eigenvalue weighted by atomic mass is 16.5. The molecule has 0 spiro atoms. The second-order valence-electron chi connectivity index (χ2n) is 6.22. The highest BCUT2D eigenvalue weighted by molar-refractivity contribution is 5.95. The molecular formula is C17H27N3O2. The minimum Gasteiger partial charge on any atom is -0.381 e. The number of anilines is 2. The number of rotatable bonds is 5. The molecule has 0 aliphatic carbocycles. The van der Waals surface area contributed by atoms with Crippen LogP contribution in [0.2, 0.25) is 0 Å². The fourth-order valence-electron chi connectivity index (χ4n) is 2.62. The Morgan fingerprint density at radius 3 is 2.68 bits per heavy atom. The summed E-state index contributed by atoms with van der Waals surface area (Å²) in [7, 11) is 2.04. The van der Waals surface area contributed by atoms with Crippen LogP contribution in [0.5, 0.6) is 0 Å². The van der Waals surface area contributed by atoms with Gasteiger partial charge in [0.15, 0.2) is 0 Å². The largest absolute Gasteiger partial charge is 0.381 e. The minimum absolute atomic E-state index is 0.115. The van der Waals surface area contributed by atoms with Gasteiger partial charge in [0.05, 0.1) is 6.04 Å². The van der Waals surface area contributed by atoms with Crippen molar-refractivity contribution in [1.82, 2.24) is 0 Å². The smallest absolute Gasteiger partial charge is 0.241 e. The lowest BCUT2D eigenvalue weighted by Crippen LogP contribution is -2.44. The van der Waals surface area contributed by atoms with Crippen LogP contribution in [-0.4, -0.2) is 38.3 Å². The minimum atomic E-state index is -0.476. The van der Waals surface area contributed by atoms with E-state index in [2.05, 4.69) is 24.1 Å². The van der Waals surface area contributed by atoms with Crippen LogP contribution in [0.4, 0.5) is 11.4 Å². The number of hydrogen-bond acceptors (Lipinski definition) is 4. The van der Waals surface area contributed by atoms with E-state index in [0.29, 0.717) is 19.3 Å². The van der Waals surface area contributed by atoms with Gasteiger partial charge in [-0.1, -0.05) is 6.07 Å². The molecule has 1 unspecified atom stereocenters. The average molecular weight is 305 g/mol. The van der Waals surface area contributed by atoms with Gasteiger partial charge in [-0.2, -0.15) is 0 Å². The third-order valence-corrected chi connectivity index (χ3v) is 4.37. The average Bonchev–Trinajstić information content (AvgIpc) is 2.54. The second kappa shape index (κ2) is 7.61. The molecule has 1 aromatic carbocycles. The van der Waals surface area contributed by atoms with Gasteiger partial charge in [-0.3, -0.25) is 4.79 Å².